The van der Waals surface area contributed by atoms with Crippen molar-refractivity contribution >= 4 is 23.2 Å². The molecule has 0 saturated carbocycles. The van der Waals surface area contributed by atoms with Crippen LogP contribution in [0.2, 0.25) is 0 Å². The Kier molecular flexibility index (Phi) is 5.85. The molecule has 2 amide bonds. The lowest BCUT2D eigenvalue weighted by atomic mass is 10.1. The molecule has 0 bridgehead atoms. The molecular weight excluding hydrogens is 322 g/mol. The molecule has 0 spiro atoms. The van der Waals surface area contributed by atoms with Crippen molar-refractivity contribution in [2.24, 2.45) is 0 Å². The van der Waals surface area contributed by atoms with Gasteiger partial charge in [-0.15, -0.1) is 0 Å². The van der Waals surface area contributed by atoms with Gasteiger partial charge in [-0.3, -0.25) is 14.5 Å². The molecule has 1 atom stereocenters. The van der Waals surface area contributed by atoms with Crippen molar-refractivity contribution < 1.29 is 9.59 Å². The van der Waals surface area contributed by atoms with E-state index in [1.807, 2.05) is 18.2 Å². The molecule has 1 aromatic carbocycles. The molecule has 2 saturated heterocycles. The van der Waals surface area contributed by atoms with Crippen molar-refractivity contribution in [1.29, 1.82) is 0 Å². The standard InChI is InChI=1S/C17H24N5O3/c23-16(12-21-9-6-18-7-10-21)20-14-4-1-3-13(11-14)19-15-5-2-8-22(25)17(15)24/h1,3-4,11,15,18-19H,2,5-10,12H2,(H,20,23)/q-1. The molecule has 2 aliphatic heterocycles. The number of nitrogens with one attached hydrogen (secondary N) is 3. The van der Waals surface area contributed by atoms with E-state index in [2.05, 4.69) is 20.9 Å². The summed E-state index contributed by atoms with van der Waals surface area (Å²) in [5, 5.41) is 21.2. The van der Waals surface area contributed by atoms with Gasteiger partial charge in [-0.2, -0.15) is 0 Å². The Morgan fingerprint density at radius 2 is 2.00 bits per heavy atom. The van der Waals surface area contributed by atoms with Crippen molar-refractivity contribution in [3.05, 3.63) is 29.5 Å². The van der Waals surface area contributed by atoms with Gasteiger partial charge in [-0.05, 0) is 31.0 Å². The lowest BCUT2D eigenvalue weighted by molar-refractivity contribution is -0.131. The van der Waals surface area contributed by atoms with E-state index in [1.54, 1.807) is 6.07 Å². The number of anilines is 2. The van der Waals surface area contributed by atoms with Crippen LogP contribution in [-0.4, -0.2) is 67.1 Å². The minimum absolute atomic E-state index is 0.0569. The maximum Gasteiger partial charge on any atom is 0.238 e. The fourth-order valence-electron chi connectivity index (χ4n) is 3.14. The molecule has 25 heavy (non-hydrogen) atoms. The topological polar surface area (TPSA) is 99.8 Å². The molecule has 136 valence electrons. The van der Waals surface area contributed by atoms with Gasteiger partial charge in [0.1, 0.15) is 6.04 Å². The first-order valence-corrected chi connectivity index (χ1v) is 8.70. The number of piperidine rings is 1. The number of carbonyl (C=O) groups excluding carboxylic acids is 2. The highest BCUT2D eigenvalue weighted by Crippen LogP contribution is 2.20. The Morgan fingerprint density at radius 1 is 1.24 bits per heavy atom. The van der Waals surface area contributed by atoms with Gasteiger partial charge in [0.05, 0.1) is 6.54 Å². The van der Waals surface area contributed by atoms with E-state index in [0.717, 1.165) is 26.2 Å². The lowest BCUT2D eigenvalue weighted by Gasteiger charge is -2.37. The number of benzene rings is 1. The highest BCUT2D eigenvalue weighted by molar-refractivity contribution is 5.93. The van der Waals surface area contributed by atoms with E-state index in [0.29, 0.717) is 35.8 Å². The average Bonchev–Trinajstić information content (AvgIpc) is 2.60. The maximum absolute atomic E-state index is 12.2. The summed E-state index contributed by atoms with van der Waals surface area (Å²) in [6.45, 7) is 4.16. The minimum atomic E-state index is -0.502. The molecule has 1 aromatic rings. The summed E-state index contributed by atoms with van der Waals surface area (Å²) < 4.78 is 0. The number of amides is 2. The first-order valence-electron chi connectivity index (χ1n) is 8.70. The number of rotatable bonds is 5. The Bertz CT molecular complexity index is 618. The van der Waals surface area contributed by atoms with E-state index >= 15 is 0 Å². The van der Waals surface area contributed by atoms with Gasteiger partial charge in [0.25, 0.3) is 0 Å². The van der Waals surface area contributed by atoms with Crippen molar-refractivity contribution in [2.45, 2.75) is 18.9 Å². The quantitative estimate of drug-likeness (QED) is 0.715. The Morgan fingerprint density at radius 3 is 2.80 bits per heavy atom. The Hall–Kier alpha value is -2.16. The number of carbonyl (C=O) groups is 2. The third kappa shape index (κ3) is 4.91. The van der Waals surface area contributed by atoms with Gasteiger partial charge in [0, 0.05) is 44.1 Å². The SMILES string of the molecule is O=C(CN1CCNCC1)Nc1cccc(NC2CCCN([O-])C2=O)c1. The second-order valence-corrected chi connectivity index (χ2v) is 6.43. The first-order chi connectivity index (χ1) is 12.1. The molecule has 8 nitrogen and oxygen atoms in total. The Balaban J connectivity index is 1.55. The van der Waals surface area contributed by atoms with Crippen molar-refractivity contribution in [3.63, 3.8) is 0 Å². The lowest BCUT2D eigenvalue weighted by Crippen LogP contribution is -2.46. The molecule has 1 unspecified atom stereocenters. The normalized spacial score (nSPS) is 21.9. The van der Waals surface area contributed by atoms with Crippen molar-refractivity contribution in [3.8, 4) is 0 Å². The van der Waals surface area contributed by atoms with Gasteiger partial charge >= 0.3 is 0 Å². The average molecular weight is 346 g/mol. The summed E-state index contributed by atoms with van der Waals surface area (Å²) >= 11 is 0. The molecule has 8 heteroatoms. The third-order valence-electron chi connectivity index (χ3n) is 4.46. The van der Waals surface area contributed by atoms with Crippen LogP contribution in [0.5, 0.6) is 0 Å². The summed E-state index contributed by atoms with van der Waals surface area (Å²) in [5.74, 6) is -0.488. The summed E-state index contributed by atoms with van der Waals surface area (Å²) in [6.07, 6.45) is 1.32. The van der Waals surface area contributed by atoms with E-state index in [-0.39, 0.29) is 12.5 Å². The fourth-order valence-corrected chi connectivity index (χ4v) is 3.14. The van der Waals surface area contributed by atoms with Gasteiger partial charge < -0.3 is 26.2 Å². The zero-order valence-electron chi connectivity index (χ0n) is 14.2. The molecule has 0 aliphatic carbocycles. The monoisotopic (exact) mass is 346 g/mol. The van der Waals surface area contributed by atoms with Crippen LogP contribution in [0.3, 0.4) is 0 Å². The zero-order valence-corrected chi connectivity index (χ0v) is 14.2. The largest absolute Gasteiger partial charge is 0.756 e. The van der Waals surface area contributed by atoms with Gasteiger partial charge in [-0.25, -0.2) is 0 Å². The van der Waals surface area contributed by atoms with Gasteiger partial charge in [0.2, 0.25) is 11.8 Å². The van der Waals surface area contributed by atoms with Crippen molar-refractivity contribution in [1.82, 2.24) is 15.3 Å². The highest BCUT2D eigenvalue weighted by Gasteiger charge is 2.23. The number of hydrogen-bond donors (Lipinski definition) is 3. The molecule has 2 aliphatic rings. The van der Waals surface area contributed by atoms with E-state index in [1.165, 1.54) is 0 Å². The number of hydroxylamine groups is 2. The van der Waals surface area contributed by atoms with Crippen molar-refractivity contribution in [2.75, 3.05) is 49.9 Å². The van der Waals surface area contributed by atoms with Crippen LogP contribution in [0.15, 0.2) is 24.3 Å². The van der Waals surface area contributed by atoms with Crippen LogP contribution in [0.4, 0.5) is 11.4 Å². The number of nitrogens with zero attached hydrogens (tertiary/aromatic N) is 2. The first kappa shape index (κ1) is 17.7. The molecule has 0 radical (unpaired) electrons. The summed E-state index contributed by atoms with van der Waals surface area (Å²) in [4.78, 5) is 26.2. The minimum Gasteiger partial charge on any atom is -0.756 e. The zero-order chi connectivity index (χ0) is 17.6. The molecule has 2 fully saturated rings. The second kappa shape index (κ2) is 8.28. The van der Waals surface area contributed by atoms with E-state index in [9.17, 15) is 14.8 Å². The maximum atomic E-state index is 12.2. The number of piperazine rings is 1. The predicted octanol–water partition coefficient (Wildman–Crippen LogP) is 0.431. The number of hydrogen-bond acceptors (Lipinski definition) is 6. The Labute approximate surface area is 147 Å². The van der Waals surface area contributed by atoms with Gasteiger partial charge in [0.15, 0.2) is 0 Å². The summed E-state index contributed by atoms with van der Waals surface area (Å²) in [7, 11) is 0. The summed E-state index contributed by atoms with van der Waals surface area (Å²) in [6, 6.07) is 6.72. The van der Waals surface area contributed by atoms with Crippen LogP contribution >= 0.6 is 0 Å². The summed E-state index contributed by atoms with van der Waals surface area (Å²) in [5.41, 5.74) is 1.39. The smallest absolute Gasteiger partial charge is 0.238 e. The molecule has 0 aromatic heterocycles. The van der Waals surface area contributed by atoms with Crippen LogP contribution in [-0.2, 0) is 9.59 Å². The van der Waals surface area contributed by atoms with Crippen LogP contribution in [0.1, 0.15) is 12.8 Å². The van der Waals surface area contributed by atoms with E-state index in [4.69, 9.17) is 0 Å². The fraction of sp³-hybridized carbons (Fsp3) is 0.529. The van der Waals surface area contributed by atoms with Crippen LogP contribution in [0.25, 0.3) is 0 Å². The molecule has 3 rings (SSSR count). The molecular formula is C17H24N5O3-. The van der Waals surface area contributed by atoms with Crippen LogP contribution in [0, 0.1) is 5.21 Å². The molecule has 2 heterocycles. The van der Waals surface area contributed by atoms with Gasteiger partial charge in [-0.1, -0.05) is 6.07 Å². The van der Waals surface area contributed by atoms with Crippen LogP contribution < -0.4 is 16.0 Å². The molecule has 3 N–H and O–H groups in total. The highest BCUT2D eigenvalue weighted by atomic mass is 16.5. The second-order valence-electron chi connectivity index (χ2n) is 6.43. The van der Waals surface area contributed by atoms with E-state index < -0.39 is 11.9 Å². The third-order valence-corrected chi connectivity index (χ3v) is 4.46. The predicted molar refractivity (Wildman–Crippen MR) is 96.1 cm³/mol.